The molecule has 1 atom stereocenters. The van der Waals surface area contributed by atoms with E-state index in [-0.39, 0.29) is 11.9 Å². The molecule has 2 fully saturated rings. The van der Waals surface area contributed by atoms with E-state index in [1.807, 2.05) is 37.3 Å². The number of nitrogens with zero attached hydrogens (tertiary/aromatic N) is 2. The highest BCUT2D eigenvalue weighted by atomic mass is 35.5. The molecule has 0 spiro atoms. The third-order valence-corrected chi connectivity index (χ3v) is 6.33. The van der Waals surface area contributed by atoms with Gasteiger partial charge in [0.2, 0.25) is 0 Å². The fourth-order valence-corrected chi connectivity index (χ4v) is 4.36. The molecule has 0 bridgehead atoms. The minimum Gasteiger partial charge on any atom is -0.378 e. The maximum Gasteiger partial charge on any atom is 0.282 e. The van der Waals surface area contributed by atoms with Gasteiger partial charge in [-0.3, -0.25) is 4.79 Å². The number of rotatable bonds is 5. The molecule has 0 aromatic heterocycles. The van der Waals surface area contributed by atoms with Crippen molar-refractivity contribution in [3.8, 4) is 0 Å². The topological polar surface area (TPSA) is 49.3 Å². The molecule has 2 aromatic carbocycles. The van der Waals surface area contributed by atoms with Crippen molar-refractivity contribution >= 4 is 34.6 Å². The molecule has 7 heteroatoms. The third-order valence-electron chi connectivity index (χ3n) is 6.10. The maximum atomic E-state index is 12.8. The van der Waals surface area contributed by atoms with Gasteiger partial charge in [-0.2, -0.15) is 0 Å². The minimum absolute atomic E-state index is 0.0697. The highest BCUT2D eigenvalue weighted by molar-refractivity contribution is 6.30. The molecule has 0 saturated carbocycles. The Balaban J connectivity index is 1.28. The average molecular weight is 430 g/mol. The molecular weight excluding hydrogens is 400 g/mol. The van der Waals surface area contributed by atoms with Crippen LogP contribution in [0.4, 0.5) is 17.1 Å². The molecule has 160 valence electrons. The Kier molecular flexibility index (Phi) is 6.77. The van der Waals surface area contributed by atoms with Crippen LogP contribution in [0, 0.1) is 0 Å². The van der Waals surface area contributed by atoms with Crippen LogP contribution < -0.4 is 20.0 Å². The number of benzene rings is 2. The number of carbonyl (C=O) groups excluding carboxylic acids is 1. The lowest BCUT2D eigenvalue weighted by Crippen LogP contribution is -3.19. The number of carbonyl (C=O) groups is 1. The molecule has 2 aromatic rings. The Labute approximate surface area is 183 Å². The lowest BCUT2D eigenvalue weighted by molar-refractivity contribution is -0.914. The van der Waals surface area contributed by atoms with Crippen LogP contribution in [0.15, 0.2) is 48.5 Å². The van der Waals surface area contributed by atoms with Crippen molar-refractivity contribution in [1.29, 1.82) is 0 Å². The number of morpholine rings is 1. The highest BCUT2D eigenvalue weighted by Crippen LogP contribution is 2.20. The number of hydrogen-bond acceptors (Lipinski definition) is 4. The summed E-state index contributed by atoms with van der Waals surface area (Å²) in [6.07, 6.45) is 0. The molecule has 2 heterocycles. The summed E-state index contributed by atoms with van der Waals surface area (Å²) in [5, 5.41) is 3.84. The van der Waals surface area contributed by atoms with Crippen LogP contribution in [0.1, 0.15) is 6.92 Å². The summed E-state index contributed by atoms with van der Waals surface area (Å²) in [5.74, 6) is 0.0697. The van der Waals surface area contributed by atoms with Gasteiger partial charge in [-0.15, -0.1) is 0 Å². The van der Waals surface area contributed by atoms with E-state index in [4.69, 9.17) is 16.3 Å². The Morgan fingerprint density at radius 1 is 1.00 bits per heavy atom. The largest absolute Gasteiger partial charge is 0.378 e. The summed E-state index contributed by atoms with van der Waals surface area (Å²) in [6, 6.07) is 16.0. The van der Waals surface area contributed by atoms with Gasteiger partial charge >= 0.3 is 0 Å². The molecule has 4 rings (SSSR count). The first-order chi connectivity index (χ1) is 14.6. The van der Waals surface area contributed by atoms with E-state index in [1.165, 1.54) is 10.6 Å². The predicted octanol–water partition coefficient (Wildman–Crippen LogP) is 1.91. The number of nitrogens with one attached hydrogen (secondary N) is 2. The van der Waals surface area contributed by atoms with Crippen LogP contribution in [-0.4, -0.2) is 64.4 Å². The molecule has 0 unspecified atom stereocenters. The fourth-order valence-electron chi connectivity index (χ4n) is 4.17. The van der Waals surface area contributed by atoms with Crippen LogP contribution in [0.25, 0.3) is 0 Å². The van der Waals surface area contributed by atoms with Crippen molar-refractivity contribution in [2.75, 3.05) is 67.6 Å². The van der Waals surface area contributed by atoms with Crippen molar-refractivity contribution in [2.45, 2.75) is 13.0 Å². The monoisotopic (exact) mass is 429 g/mol. The quantitative estimate of drug-likeness (QED) is 0.762. The molecule has 6 nitrogen and oxygen atoms in total. The Morgan fingerprint density at radius 2 is 1.67 bits per heavy atom. The van der Waals surface area contributed by atoms with Crippen LogP contribution in [0.5, 0.6) is 0 Å². The van der Waals surface area contributed by atoms with Crippen LogP contribution in [0.2, 0.25) is 5.02 Å². The van der Waals surface area contributed by atoms with Crippen LogP contribution in [-0.2, 0) is 9.53 Å². The molecule has 30 heavy (non-hydrogen) atoms. The normalized spacial score (nSPS) is 18.9. The van der Waals surface area contributed by atoms with Gasteiger partial charge in [0.25, 0.3) is 5.91 Å². The SMILES string of the molecule is C[C@H](C(=O)Nc1ccc(N2CCOCC2)cc1)[NH+]1CCN(c2cccc(Cl)c2)CC1. The smallest absolute Gasteiger partial charge is 0.282 e. The van der Waals surface area contributed by atoms with Gasteiger partial charge < -0.3 is 24.8 Å². The average Bonchev–Trinajstić information content (AvgIpc) is 2.80. The van der Waals surface area contributed by atoms with Crippen molar-refractivity contribution in [3.63, 3.8) is 0 Å². The zero-order valence-electron chi connectivity index (χ0n) is 17.4. The van der Waals surface area contributed by atoms with Crippen LogP contribution >= 0.6 is 11.6 Å². The summed E-state index contributed by atoms with van der Waals surface area (Å²) in [4.78, 5) is 18.8. The number of anilines is 3. The number of amides is 1. The third kappa shape index (κ3) is 5.06. The van der Waals surface area contributed by atoms with Gasteiger partial charge in [0.1, 0.15) is 0 Å². The van der Waals surface area contributed by atoms with Crippen molar-refractivity contribution in [2.24, 2.45) is 0 Å². The van der Waals surface area contributed by atoms with Crippen molar-refractivity contribution in [1.82, 2.24) is 0 Å². The Hall–Kier alpha value is -2.28. The van der Waals surface area contributed by atoms with E-state index < -0.39 is 0 Å². The summed E-state index contributed by atoms with van der Waals surface area (Å²) >= 11 is 6.12. The zero-order valence-corrected chi connectivity index (χ0v) is 18.2. The van der Waals surface area contributed by atoms with Crippen molar-refractivity contribution in [3.05, 3.63) is 53.6 Å². The van der Waals surface area contributed by atoms with Crippen molar-refractivity contribution < 1.29 is 14.4 Å². The molecule has 2 aliphatic heterocycles. The van der Waals surface area contributed by atoms with E-state index in [9.17, 15) is 4.79 Å². The lowest BCUT2D eigenvalue weighted by atomic mass is 10.2. The molecule has 0 radical (unpaired) electrons. The van der Waals surface area contributed by atoms with Crippen LogP contribution in [0.3, 0.4) is 0 Å². The summed E-state index contributed by atoms with van der Waals surface area (Å²) in [6.45, 7) is 9.06. The summed E-state index contributed by atoms with van der Waals surface area (Å²) in [7, 11) is 0. The van der Waals surface area contributed by atoms with E-state index >= 15 is 0 Å². The summed E-state index contributed by atoms with van der Waals surface area (Å²) in [5.41, 5.74) is 3.17. The Bertz CT molecular complexity index is 847. The number of quaternary nitrogens is 1. The number of halogens is 1. The molecule has 1 amide bonds. The highest BCUT2D eigenvalue weighted by Gasteiger charge is 2.29. The van der Waals surface area contributed by atoms with Gasteiger partial charge in [0.15, 0.2) is 6.04 Å². The summed E-state index contributed by atoms with van der Waals surface area (Å²) < 4.78 is 5.41. The van der Waals surface area contributed by atoms with E-state index in [0.29, 0.717) is 0 Å². The van der Waals surface area contributed by atoms with Gasteiger partial charge in [0, 0.05) is 35.2 Å². The maximum absolute atomic E-state index is 12.8. The van der Waals surface area contributed by atoms with E-state index in [1.54, 1.807) is 0 Å². The molecule has 0 aliphatic carbocycles. The fraction of sp³-hybridized carbons (Fsp3) is 0.435. The van der Waals surface area contributed by atoms with E-state index in [0.717, 1.165) is 68.9 Å². The number of hydrogen-bond donors (Lipinski definition) is 2. The lowest BCUT2D eigenvalue weighted by Gasteiger charge is -2.36. The second-order valence-corrected chi connectivity index (χ2v) is 8.42. The first kappa shape index (κ1) is 21.0. The van der Waals surface area contributed by atoms with E-state index in [2.05, 4.69) is 33.3 Å². The molecular formula is C23H30ClN4O2+. The number of ether oxygens (including phenoxy) is 1. The van der Waals surface area contributed by atoms with Gasteiger partial charge in [-0.1, -0.05) is 17.7 Å². The first-order valence-electron chi connectivity index (χ1n) is 10.7. The second kappa shape index (κ2) is 9.69. The Morgan fingerprint density at radius 3 is 2.33 bits per heavy atom. The molecule has 2 saturated heterocycles. The van der Waals surface area contributed by atoms with Gasteiger partial charge in [-0.25, -0.2) is 0 Å². The first-order valence-corrected chi connectivity index (χ1v) is 11.1. The standard InChI is InChI=1S/C23H29ClN4O2/c1-18(26-9-11-27(12-10-26)22-4-2-3-19(24)17-22)23(29)25-20-5-7-21(8-6-20)28-13-15-30-16-14-28/h2-8,17-18H,9-16H2,1H3,(H,25,29)/p+1/t18-/m1/s1. The zero-order chi connectivity index (χ0) is 20.9. The minimum atomic E-state index is -0.0922. The molecule has 2 aliphatic rings. The number of piperazine rings is 1. The second-order valence-electron chi connectivity index (χ2n) is 7.98. The predicted molar refractivity (Wildman–Crippen MR) is 122 cm³/mol. The van der Waals surface area contributed by atoms with Gasteiger partial charge in [-0.05, 0) is 49.4 Å². The molecule has 2 N–H and O–H groups in total. The van der Waals surface area contributed by atoms with Gasteiger partial charge in [0.05, 0.1) is 39.4 Å².